The van der Waals surface area contributed by atoms with E-state index in [1.165, 1.54) is 0 Å². The van der Waals surface area contributed by atoms with Crippen molar-refractivity contribution in [3.63, 3.8) is 0 Å². The molecule has 0 radical (unpaired) electrons. The molecular formula is C17H30IN3O2. The van der Waals surface area contributed by atoms with Gasteiger partial charge in [-0.1, -0.05) is 39.0 Å². The van der Waals surface area contributed by atoms with Crippen LogP contribution in [-0.2, 0) is 4.74 Å². The Balaban J connectivity index is 0.00000484. The highest BCUT2D eigenvalue weighted by molar-refractivity contribution is 14.0. The first kappa shape index (κ1) is 22.0. The third-order valence-corrected chi connectivity index (χ3v) is 3.34. The first-order valence-corrected chi connectivity index (χ1v) is 7.62. The topological polar surface area (TPSA) is 54.9 Å². The van der Waals surface area contributed by atoms with E-state index in [2.05, 4.69) is 36.4 Å². The van der Waals surface area contributed by atoms with Crippen molar-refractivity contribution < 1.29 is 9.47 Å². The number of methoxy groups -OCH3 is 1. The molecule has 0 saturated carbocycles. The fourth-order valence-corrected chi connectivity index (χ4v) is 2.01. The first-order chi connectivity index (χ1) is 10.5. The van der Waals surface area contributed by atoms with Gasteiger partial charge in [-0.05, 0) is 17.5 Å². The maximum atomic E-state index is 5.63. The molecule has 1 aromatic rings. The molecule has 0 spiro atoms. The lowest BCUT2D eigenvalue weighted by molar-refractivity contribution is 0.0205. The van der Waals surface area contributed by atoms with Gasteiger partial charge >= 0.3 is 0 Å². The van der Waals surface area contributed by atoms with Gasteiger partial charge in [0.05, 0.1) is 12.6 Å². The maximum Gasteiger partial charge on any atom is 0.191 e. The minimum atomic E-state index is 0. The van der Waals surface area contributed by atoms with E-state index in [-0.39, 0.29) is 35.5 Å². The van der Waals surface area contributed by atoms with Gasteiger partial charge < -0.3 is 20.1 Å². The fraction of sp³-hybridized carbons (Fsp3) is 0.588. The van der Waals surface area contributed by atoms with Crippen LogP contribution in [0, 0.1) is 5.41 Å². The number of nitrogens with zero attached hydrogens (tertiary/aromatic N) is 1. The van der Waals surface area contributed by atoms with E-state index in [0.29, 0.717) is 19.7 Å². The van der Waals surface area contributed by atoms with Crippen LogP contribution in [0.2, 0.25) is 0 Å². The molecule has 0 aliphatic carbocycles. The lowest BCUT2D eigenvalue weighted by Gasteiger charge is -2.30. The maximum absolute atomic E-state index is 5.63. The van der Waals surface area contributed by atoms with Gasteiger partial charge in [-0.25, -0.2) is 0 Å². The summed E-state index contributed by atoms with van der Waals surface area (Å²) >= 11 is 0. The minimum Gasteiger partial charge on any atom is -0.492 e. The van der Waals surface area contributed by atoms with E-state index >= 15 is 0 Å². The predicted octanol–water partition coefficient (Wildman–Crippen LogP) is 2.91. The van der Waals surface area contributed by atoms with Gasteiger partial charge in [-0.2, -0.15) is 0 Å². The molecule has 1 rings (SSSR count). The molecule has 0 fully saturated rings. The van der Waals surface area contributed by atoms with Crippen molar-refractivity contribution in [2.24, 2.45) is 10.4 Å². The summed E-state index contributed by atoms with van der Waals surface area (Å²) in [7, 11) is 3.49. The number of guanidine groups is 1. The molecule has 23 heavy (non-hydrogen) atoms. The summed E-state index contributed by atoms with van der Waals surface area (Å²) in [6, 6.07) is 9.78. The van der Waals surface area contributed by atoms with Gasteiger partial charge in [0.15, 0.2) is 5.96 Å². The molecule has 5 nitrogen and oxygen atoms in total. The van der Waals surface area contributed by atoms with Gasteiger partial charge in [-0.3, -0.25) is 4.99 Å². The van der Waals surface area contributed by atoms with Crippen LogP contribution in [0.4, 0.5) is 0 Å². The smallest absolute Gasteiger partial charge is 0.191 e. The molecule has 2 N–H and O–H groups in total. The average Bonchev–Trinajstić information content (AvgIpc) is 2.49. The number of hydrogen-bond donors (Lipinski definition) is 2. The van der Waals surface area contributed by atoms with Gasteiger partial charge in [0, 0.05) is 20.7 Å². The SMILES string of the molecule is CN=C(NCCOc1ccccc1)NCC(OC)C(C)(C)C.I. The first-order valence-electron chi connectivity index (χ1n) is 7.62. The number of nitrogens with one attached hydrogen (secondary N) is 2. The van der Waals surface area contributed by atoms with Crippen molar-refractivity contribution in [2.75, 3.05) is 33.9 Å². The Labute approximate surface area is 157 Å². The van der Waals surface area contributed by atoms with Crippen LogP contribution in [0.15, 0.2) is 35.3 Å². The molecule has 1 unspecified atom stereocenters. The molecule has 1 atom stereocenters. The van der Waals surface area contributed by atoms with Crippen LogP contribution in [0.5, 0.6) is 5.75 Å². The number of benzene rings is 1. The quantitative estimate of drug-likeness (QED) is 0.299. The number of aliphatic imine (C=N–C) groups is 1. The van der Waals surface area contributed by atoms with Crippen LogP contribution in [-0.4, -0.2) is 45.9 Å². The molecule has 0 aromatic heterocycles. The zero-order valence-corrected chi connectivity index (χ0v) is 17.1. The Hall–Kier alpha value is -1.02. The number of hydrogen-bond acceptors (Lipinski definition) is 3. The summed E-state index contributed by atoms with van der Waals surface area (Å²) in [6.45, 7) is 8.45. The Kier molecular flexibility index (Phi) is 11.0. The summed E-state index contributed by atoms with van der Waals surface area (Å²) in [5.74, 6) is 1.63. The third kappa shape index (κ3) is 9.00. The normalized spacial score (nSPS) is 13.0. The standard InChI is InChI=1S/C17H29N3O2.HI/c1-17(2,3)15(21-5)13-20-16(18-4)19-11-12-22-14-9-7-6-8-10-14;/h6-10,15H,11-13H2,1-5H3,(H2,18,19,20);1H. The number of halogens is 1. The average molecular weight is 435 g/mol. The number of rotatable bonds is 7. The molecule has 1 aromatic carbocycles. The summed E-state index contributed by atoms with van der Waals surface area (Å²) in [5.41, 5.74) is 0.0804. The van der Waals surface area contributed by atoms with E-state index in [0.717, 1.165) is 11.7 Å². The summed E-state index contributed by atoms with van der Waals surface area (Å²) in [5, 5.41) is 6.51. The van der Waals surface area contributed by atoms with Crippen molar-refractivity contribution in [1.29, 1.82) is 0 Å². The van der Waals surface area contributed by atoms with Crippen LogP contribution in [0.25, 0.3) is 0 Å². The second-order valence-corrected chi connectivity index (χ2v) is 6.13. The summed E-state index contributed by atoms with van der Waals surface area (Å²) < 4.78 is 11.2. The van der Waals surface area contributed by atoms with Gasteiger partial charge in [0.1, 0.15) is 12.4 Å². The molecule has 0 saturated heterocycles. The van der Waals surface area contributed by atoms with E-state index in [1.54, 1.807) is 14.2 Å². The Morgan fingerprint density at radius 2 is 1.83 bits per heavy atom. The van der Waals surface area contributed by atoms with Crippen LogP contribution < -0.4 is 15.4 Å². The van der Waals surface area contributed by atoms with Crippen LogP contribution in [0.3, 0.4) is 0 Å². The molecule has 0 amide bonds. The minimum absolute atomic E-state index is 0. The number of ether oxygens (including phenoxy) is 2. The fourth-order valence-electron chi connectivity index (χ4n) is 2.01. The van der Waals surface area contributed by atoms with Crippen molar-refractivity contribution in [1.82, 2.24) is 10.6 Å². The Morgan fingerprint density at radius 1 is 1.17 bits per heavy atom. The van der Waals surface area contributed by atoms with Crippen molar-refractivity contribution in [3.8, 4) is 5.75 Å². The van der Waals surface area contributed by atoms with Gasteiger partial charge in [0.2, 0.25) is 0 Å². The monoisotopic (exact) mass is 435 g/mol. The van der Waals surface area contributed by atoms with E-state index < -0.39 is 0 Å². The van der Waals surface area contributed by atoms with Gasteiger partial charge in [-0.15, -0.1) is 24.0 Å². The third-order valence-electron chi connectivity index (χ3n) is 3.34. The zero-order valence-electron chi connectivity index (χ0n) is 14.8. The number of para-hydroxylation sites is 1. The van der Waals surface area contributed by atoms with E-state index in [4.69, 9.17) is 9.47 Å². The molecule has 0 bridgehead atoms. The van der Waals surface area contributed by atoms with Crippen molar-refractivity contribution in [2.45, 2.75) is 26.9 Å². The second kappa shape index (κ2) is 11.5. The lowest BCUT2D eigenvalue weighted by atomic mass is 9.89. The molecule has 0 aliphatic heterocycles. The van der Waals surface area contributed by atoms with Crippen molar-refractivity contribution in [3.05, 3.63) is 30.3 Å². The highest BCUT2D eigenvalue weighted by Crippen LogP contribution is 2.20. The zero-order chi connectivity index (χ0) is 16.4. The molecule has 0 aliphatic rings. The van der Waals surface area contributed by atoms with E-state index in [9.17, 15) is 0 Å². The Bertz CT molecular complexity index is 447. The molecular weight excluding hydrogens is 405 g/mol. The van der Waals surface area contributed by atoms with E-state index in [1.807, 2.05) is 30.3 Å². The highest BCUT2D eigenvalue weighted by atomic mass is 127. The molecule has 6 heteroatoms. The largest absolute Gasteiger partial charge is 0.492 e. The summed E-state index contributed by atoms with van der Waals surface area (Å²) in [6.07, 6.45) is 0.117. The van der Waals surface area contributed by atoms with Crippen LogP contribution >= 0.6 is 24.0 Å². The van der Waals surface area contributed by atoms with Crippen LogP contribution in [0.1, 0.15) is 20.8 Å². The predicted molar refractivity (Wildman–Crippen MR) is 107 cm³/mol. The second-order valence-electron chi connectivity index (χ2n) is 6.13. The summed E-state index contributed by atoms with van der Waals surface area (Å²) in [4.78, 5) is 4.20. The van der Waals surface area contributed by atoms with Crippen molar-refractivity contribution >= 4 is 29.9 Å². The lowest BCUT2D eigenvalue weighted by Crippen LogP contribution is -2.46. The molecule has 0 heterocycles. The highest BCUT2D eigenvalue weighted by Gasteiger charge is 2.24. The Morgan fingerprint density at radius 3 is 2.35 bits per heavy atom. The molecule has 132 valence electrons. The van der Waals surface area contributed by atoms with Gasteiger partial charge in [0.25, 0.3) is 0 Å².